The normalized spacial score (nSPS) is 9.69. The first-order valence-electron chi connectivity index (χ1n) is 4.26. The quantitative estimate of drug-likeness (QED) is 0.810. The Balaban J connectivity index is 2.47. The molecule has 0 saturated carbocycles. The summed E-state index contributed by atoms with van der Waals surface area (Å²) in [6.07, 6.45) is 2.38. The van der Waals surface area contributed by atoms with E-state index in [1.165, 1.54) is 18.3 Å². The molecular weight excluding hydrogens is 210 g/mol. The van der Waals surface area contributed by atoms with Crippen LogP contribution in [0.25, 0.3) is 11.4 Å². The largest absolute Gasteiger partial charge is 0.477 e. The highest BCUT2D eigenvalue weighted by Crippen LogP contribution is 2.19. The van der Waals surface area contributed by atoms with Gasteiger partial charge in [0.15, 0.2) is 0 Å². The molecule has 2 aromatic heterocycles. The van der Waals surface area contributed by atoms with Crippen molar-refractivity contribution in [2.75, 3.05) is 0 Å². The Morgan fingerprint density at radius 1 is 1.50 bits per heavy atom. The van der Waals surface area contributed by atoms with Crippen LogP contribution >= 0.6 is 0 Å². The molecule has 0 bridgehead atoms. The second-order valence-corrected chi connectivity index (χ2v) is 2.93. The molecule has 0 spiro atoms. The maximum atomic E-state index is 10.8. The van der Waals surface area contributed by atoms with E-state index in [0.29, 0.717) is 11.3 Å². The van der Waals surface area contributed by atoms with Gasteiger partial charge in [-0.15, -0.1) is 0 Å². The smallest absolute Gasteiger partial charge is 0.341 e. The van der Waals surface area contributed by atoms with Gasteiger partial charge in [0, 0.05) is 6.20 Å². The van der Waals surface area contributed by atoms with Crippen LogP contribution in [-0.2, 0) is 0 Å². The van der Waals surface area contributed by atoms with Gasteiger partial charge in [-0.25, -0.2) is 4.79 Å². The summed E-state index contributed by atoms with van der Waals surface area (Å²) in [5.41, 5.74) is 0.837. The highest BCUT2D eigenvalue weighted by molar-refractivity contribution is 5.93. The molecule has 0 aliphatic carbocycles. The number of carboxylic acid groups (broad SMARTS) is 1. The average Bonchev–Trinajstić information content (AvgIpc) is 2.78. The third kappa shape index (κ3) is 1.62. The summed E-state index contributed by atoms with van der Waals surface area (Å²) in [7, 11) is 0. The molecule has 0 aromatic carbocycles. The predicted molar refractivity (Wildman–Crippen MR) is 51.4 cm³/mol. The van der Waals surface area contributed by atoms with Gasteiger partial charge in [0.25, 0.3) is 0 Å². The number of carboxylic acids is 1. The average molecular weight is 215 g/mol. The number of aromatic nitrogens is 2. The van der Waals surface area contributed by atoms with Gasteiger partial charge in [-0.1, -0.05) is 5.16 Å². The first-order chi connectivity index (χ1) is 7.72. The summed E-state index contributed by atoms with van der Waals surface area (Å²) in [5.74, 6) is -1.14. The summed E-state index contributed by atoms with van der Waals surface area (Å²) in [5, 5.41) is 21.0. The lowest BCUT2D eigenvalue weighted by Crippen LogP contribution is -1.97. The number of rotatable bonds is 2. The summed E-state index contributed by atoms with van der Waals surface area (Å²) < 4.78 is 4.58. The van der Waals surface area contributed by atoms with Gasteiger partial charge in [0.1, 0.15) is 23.6 Å². The van der Waals surface area contributed by atoms with Gasteiger partial charge >= 0.3 is 5.97 Å². The maximum Gasteiger partial charge on any atom is 0.341 e. The highest BCUT2D eigenvalue weighted by Gasteiger charge is 2.17. The van der Waals surface area contributed by atoms with E-state index in [-0.39, 0.29) is 11.3 Å². The summed E-state index contributed by atoms with van der Waals surface area (Å²) >= 11 is 0. The van der Waals surface area contributed by atoms with E-state index in [1.807, 2.05) is 6.07 Å². The first-order valence-corrected chi connectivity index (χ1v) is 4.26. The van der Waals surface area contributed by atoms with E-state index in [4.69, 9.17) is 10.4 Å². The van der Waals surface area contributed by atoms with E-state index in [9.17, 15) is 4.79 Å². The Kier molecular flexibility index (Phi) is 2.36. The van der Waals surface area contributed by atoms with E-state index in [0.717, 1.165) is 6.26 Å². The minimum absolute atomic E-state index is 0.0581. The number of nitrogens with zero attached hydrogens (tertiary/aromatic N) is 3. The fraction of sp³-hybridized carbons (Fsp3) is 0. The van der Waals surface area contributed by atoms with Gasteiger partial charge in [-0.2, -0.15) is 5.26 Å². The minimum Gasteiger partial charge on any atom is -0.477 e. The zero-order chi connectivity index (χ0) is 11.5. The topological polar surface area (TPSA) is 100 Å². The van der Waals surface area contributed by atoms with Crippen molar-refractivity contribution in [2.45, 2.75) is 0 Å². The SMILES string of the molecule is N#Cc1ccc(-c2nocc2C(=O)O)nc1. The molecule has 2 heterocycles. The zero-order valence-electron chi connectivity index (χ0n) is 7.91. The van der Waals surface area contributed by atoms with Gasteiger partial charge in [-0.05, 0) is 12.1 Å². The van der Waals surface area contributed by atoms with Crippen molar-refractivity contribution >= 4 is 5.97 Å². The van der Waals surface area contributed by atoms with Crippen LogP contribution in [0.5, 0.6) is 0 Å². The third-order valence-corrected chi connectivity index (χ3v) is 1.94. The van der Waals surface area contributed by atoms with Crippen molar-refractivity contribution in [2.24, 2.45) is 0 Å². The first kappa shape index (κ1) is 9.86. The fourth-order valence-electron chi connectivity index (χ4n) is 1.17. The van der Waals surface area contributed by atoms with Crippen LogP contribution in [0.15, 0.2) is 29.1 Å². The van der Waals surface area contributed by atoms with Crippen LogP contribution in [0.1, 0.15) is 15.9 Å². The van der Waals surface area contributed by atoms with Crippen molar-refractivity contribution in [3.05, 3.63) is 35.7 Å². The van der Waals surface area contributed by atoms with Gasteiger partial charge in [0.05, 0.1) is 11.3 Å². The van der Waals surface area contributed by atoms with E-state index in [1.54, 1.807) is 0 Å². The summed E-state index contributed by atoms with van der Waals surface area (Å²) in [6, 6.07) is 4.96. The number of aromatic carboxylic acids is 1. The maximum absolute atomic E-state index is 10.8. The molecule has 0 unspecified atom stereocenters. The Morgan fingerprint density at radius 2 is 2.31 bits per heavy atom. The van der Waals surface area contributed by atoms with Gasteiger partial charge in [0.2, 0.25) is 0 Å². The Hall–Kier alpha value is -2.68. The summed E-state index contributed by atoms with van der Waals surface area (Å²) in [6.45, 7) is 0. The monoisotopic (exact) mass is 215 g/mol. The molecule has 0 aliphatic heterocycles. The van der Waals surface area contributed by atoms with Crippen molar-refractivity contribution in [1.29, 1.82) is 5.26 Å². The molecule has 6 heteroatoms. The summed E-state index contributed by atoms with van der Waals surface area (Å²) in [4.78, 5) is 14.7. The molecule has 78 valence electrons. The highest BCUT2D eigenvalue weighted by atomic mass is 16.5. The number of carbonyl (C=O) groups is 1. The molecule has 0 radical (unpaired) electrons. The molecule has 0 fully saturated rings. The number of nitriles is 1. The predicted octanol–water partition coefficient (Wildman–Crippen LogP) is 1.31. The Bertz CT molecular complexity index is 566. The second kappa shape index (κ2) is 3.82. The van der Waals surface area contributed by atoms with Crippen molar-refractivity contribution in [3.63, 3.8) is 0 Å². The van der Waals surface area contributed by atoms with Crippen LogP contribution < -0.4 is 0 Å². The number of hydrogen-bond acceptors (Lipinski definition) is 5. The molecule has 0 amide bonds. The Morgan fingerprint density at radius 3 is 2.88 bits per heavy atom. The molecule has 16 heavy (non-hydrogen) atoms. The van der Waals surface area contributed by atoms with Crippen molar-refractivity contribution < 1.29 is 14.4 Å². The van der Waals surface area contributed by atoms with Crippen LogP contribution in [-0.4, -0.2) is 21.2 Å². The second-order valence-electron chi connectivity index (χ2n) is 2.93. The lowest BCUT2D eigenvalue weighted by atomic mass is 10.1. The van der Waals surface area contributed by atoms with Crippen molar-refractivity contribution in [1.82, 2.24) is 10.1 Å². The van der Waals surface area contributed by atoms with Gasteiger partial charge in [-0.3, -0.25) is 4.98 Å². The molecule has 2 aromatic rings. The lowest BCUT2D eigenvalue weighted by molar-refractivity contribution is 0.0697. The molecule has 2 rings (SSSR count). The lowest BCUT2D eigenvalue weighted by Gasteiger charge is -1.96. The van der Waals surface area contributed by atoms with Crippen LogP contribution in [0, 0.1) is 11.3 Å². The van der Waals surface area contributed by atoms with E-state index >= 15 is 0 Å². The number of pyridine rings is 1. The van der Waals surface area contributed by atoms with Crippen molar-refractivity contribution in [3.8, 4) is 17.5 Å². The standard InChI is InChI=1S/C10H5N3O3/c11-3-6-1-2-8(12-4-6)9-7(10(14)15)5-16-13-9/h1-2,4-5H,(H,14,15). The molecular formula is C10H5N3O3. The third-order valence-electron chi connectivity index (χ3n) is 1.94. The number of hydrogen-bond donors (Lipinski definition) is 1. The van der Waals surface area contributed by atoms with Crippen LogP contribution in [0.2, 0.25) is 0 Å². The Labute approximate surface area is 89.8 Å². The molecule has 0 saturated heterocycles. The van der Waals surface area contributed by atoms with E-state index in [2.05, 4.69) is 14.7 Å². The zero-order valence-corrected chi connectivity index (χ0v) is 7.91. The molecule has 0 aliphatic rings. The molecule has 0 atom stereocenters. The molecule has 6 nitrogen and oxygen atoms in total. The fourth-order valence-corrected chi connectivity index (χ4v) is 1.17. The van der Waals surface area contributed by atoms with E-state index < -0.39 is 5.97 Å². The van der Waals surface area contributed by atoms with Gasteiger partial charge < -0.3 is 9.63 Å². The van der Waals surface area contributed by atoms with Crippen LogP contribution in [0.3, 0.4) is 0 Å². The molecule has 1 N–H and O–H groups in total. The minimum atomic E-state index is -1.14. The van der Waals surface area contributed by atoms with Crippen LogP contribution in [0.4, 0.5) is 0 Å².